The number of hydrogen-bond donors (Lipinski definition) is 2. The maximum atomic E-state index is 12.8. The van der Waals surface area contributed by atoms with E-state index in [1.54, 1.807) is 6.26 Å². The van der Waals surface area contributed by atoms with Gasteiger partial charge in [-0.3, -0.25) is 4.79 Å². The molecule has 0 bridgehead atoms. The number of amides is 1. The molecule has 1 fully saturated rings. The number of quaternary nitrogens is 1. The minimum atomic E-state index is -4.41. The Kier molecular flexibility index (Phi) is 6.21. The van der Waals surface area contributed by atoms with Gasteiger partial charge in [-0.05, 0) is 43.0 Å². The summed E-state index contributed by atoms with van der Waals surface area (Å²) in [5.41, 5.74) is -0.388. The number of halogens is 3. The zero-order valence-corrected chi connectivity index (χ0v) is 15.0. The van der Waals surface area contributed by atoms with Crippen LogP contribution in [0, 0.1) is 0 Å². The summed E-state index contributed by atoms with van der Waals surface area (Å²) in [5, 5.41) is 2.87. The normalized spacial score (nSPS) is 16.9. The maximum Gasteiger partial charge on any atom is 0.416 e. The molecule has 0 saturated carbocycles. The molecule has 1 aromatic carbocycles. The lowest BCUT2D eigenvalue weighted by Gasteiger charge is -2.30. The molecule has 1 aliphatic heterocycles. The van der Waals surface area contributed by atoms with Gasteiger partial charge in [-0.25, -0.2) is 0 Å². The molecule has 0 spiro atoms. The number of furan rings is 1. The number of hydrogen-bond acceptors (Lipinski definition) is 2. The number of benzene rings is 1. The molecule has 1 amide bonds. The molecule has 1 aliphatic rings. The van der Waals surface area contributed by atoms with Crippen molar-refractivity contribution in [3.63, 3.8) is 0 Å². The van der Waals surface area contributed by atoms with Crippen LogP contribution in [0.4, 0.5) is 13.2 Å². The van der Waals surface area contributed by atoms with E-state index in [2.05, 4.69) is 5.32 Å². The summed E-state index contributed by atoms with van der Waals surface area (Å²) in [7, 11) is 0. The van der Waals surface area contributed by atoms with Crippen molar-refractivity contribution in [1.82, 2.24) is 5.32 Å². The van der Waals surface area contributed by atoms with Crippen LogP contribution in [0.5, 0.6) is 0 Å². The Morgan fingerprint density at radius 3 is 2.59 bits per heavy atom. The molecule has 1 saturated heterocycles. The summed E-state index contributed by atoms with van der Waals surface area (Å²) >= 11 is 0. The van der Waals surface area contributed by atoms with Gasteiger partial charge in [0.1, 0.15) is 0 Å². The minimum Gasteiger partial charge on any atom is -0.463 e. The smallest absolute Gasteiger partial charge is 0.416 e. The fraction of sp³-hybridized carbons (Fsp3) is 0.450. The highest BCUT2D eigenvalue weighted by molar-refractivity contribution is 5.78. The molecule has 27 heavy (non-hydrogen) atoms. The predicted molar refractivity (Wildman–Crippen MR) is 94.2 cm³/mol. The monoisotopic (exact) mass is 381 g/mol. The minimum absolute atomic E-state index is 0.0192. The van der Waals surface area contributed by atoms with Crippen LogP contribution >= 0.6 is 0 Å². The van der Waals surface area contributed by atoms with E-state index in [4.69, 9.17) is 4.42 Å². The summed E-state index contributed by atoms with van der Waals surface area (Å²) in [6.45, 7) is 2.45. The average Bonchev–Trinajstić information content (AvgIpc) is 3.17. The van der Waals surface area contributed by atoms with Crippen molar-refractivity contribution in [2.24, 2.45) is 0 Å². The highest BCUT2D eigenvalue weighted by Crippen LogP contribution is 2.29. The molecule has 0 unspecified atom stereocenters. The van der Waals surface area contributed by atoms with Crippen molar-refractivity contribution in [2.75, 3.05) is 19.6 Å². The SMILES string of the molecule is O=C(Cc1cccc(C(F)(F)F)c1)NC[C@H](c1ccco1)[NH+]1CCCCC1. The Morgan fingerprint density at radius 1 is 1.15 bits per heavy atom. The van der Waals surface area contributed by atoms with Crippen molar-refractivity contribution < 1.29 is 27.3 Å². The molecule has 2 N–H and O–H groups in total. The number of nitrogens with one attached hydrogen (secondary N) is 2. The maximum absolute atomic E-state index is 12.8. The largest absolute Gasteiger partial charge is 0.463 e. The molecule has 1 atom stereocenters. The van der Waals surface area contributed by atoms with Gasteiger partial charge in [-0.15, -0.1) is 0 Å². The number of carbonyl (C=O) groups is 1. The van der Waals surface area contributed by atoms with Gasteiger partial charge in [0, 0.05) is 0 Å². The van der Waals surface area contributed by atoms with E-state index in [1.165, 1.54) is 23.5 Å². The Bertz CT molecular complexity index is 738. The van der Waals surface area contributed by atoms with Crippen molar-refractivity contribution in [1.29, 1.82) is 0 Å². The molecule has 3 rings (SSSR count). The lowest BCUT2D eigenvalue weighted by Crippen LogP contribution is -3.13. The molecule has 2 heterocycles. The van der Waals surface area contributed by atoms with E-state index >= 15 is 0 Å². The van der Waals surface area contributed by atoms with Gasteiger partial charge in [0.2, 0.25) is 5.91 Å². The van der Waals surface area contributed by atoms with Crippen molar-refractivity contribution >= 4 is 5.91 Å². The highest BCUT2D eigenvalue weighted by atomic mass is 19.4. The zero-order chi connectivity index (χ0) is 19.3. The lowest BCUT2D eigenvalue weighted by atomic mass is 10.1. The Morgan fingerprint density at radius 2 is 1.93 bits per heavy atom. The van der Waals surface area contributed by atoms with E-state index < -0.39 is 11.7 Å². The quantitative estimate of drug-likeness (QED) is 0.808. The second kappa shape index (κ2) is 8.61. The topological polar surface area (TPSA) is 46.7 Å². The van der Waals surface area contributed by atoms with Crippen LogP contribution in [0.3, 0.4) is 0 Å². The van der Waals surface area contributed by atoms with Crippen LogP contribution in [0.2, 0.25) is 0 Å². The molecule has 0 aliphatic carbocycles. The number of rotatable bonds is 6. The molecule has 146 valence electrons. The molecular formula is C20H24F3N2O2+. The van der Waals surface area contributed by atoms with E-state index in [1.807, 2.05) is 12.1 Å². The first kappa shape index (κ1) is 19.5. The van der Waals surface area contributed by atoms with Gasteiger partial charge in [-0.1, -0.05) is 18.2 Å². The summed E-state index contributed by atoms with van der Waals surface area (Å²) in [4.78, 5) is 13.7. The van der Waals surface area contributed by atoms with Gasteiger partial charge in [-0.2, -0.15) is 13.2 Å². The first-order valence-electron chi connectivity index (χ1n) is 9.24. The van der Waals surface area contributed by atoms with Gasteiger partial charge in [0.15, 0.2) is 11.8 Å². The van der Waals surface area contributed by atoms with Gasteiger partial charge >= 0.3 is 6.18 Å². The highest BCUT2D eigenvalue weighted by Gasteiger charge is 2.31. The Balaban J connectivity index is 1.61. The standard InChI is InChI=1S/C20H23F3N2O2/c21-20(22,23)16-7-4-6-15(12-16)13-19(26)24-14-17(18-8-5-11-27-18)25-9-2-1-3-10-25/h4-8,11-12,17H,1-3,9-10,13-14H2,(H,24,26)/p+1/t17-/m1/s1. The first-order valence-corrected chi connectivity index (χ1v) is 9.24. The summed E-state index contributed by atoms with van der Waals surface area (Å²) in [6, 6.07) is 8.66. The average molecular weight is 381 g/mol. The van der Waals surface area contributed by atoms with Gasteiger partial charge in [0.25, 0.3) is 0 Å². The molecule has 2 aromatic rings. The van der Waals surface area contributed by atoms with E-state index in [0.717, 1.165) is 43.8 Å². The van der Waals surface area contributed by atoms with Gasteiger partial charge in [0.05, 0.1) is 37.9 Å². The molecule has 4 nitrogen and oxygen atoms in total. The third-order valence-corrected chi connectivity index (χ3v) is 5.00. The third kappa shape index (κ3) is 5.35. The third-order valence-electron chi connectivity index (χ3n) is 5.00. The Labute approximate surface area is 156 Å². The fourth-order valence-electron chi connectivity index (χ4n) is 3.61. The number of piperidine rings is 1. The van der Waals surface area contributed by atoms with E-state index in [0.29, 0.717) is 12.1 Å². The zero-order valence-electron chi connectivity index (χ0n) is 15.0. The second-order valence-electron chi connectivity index (χ2n) is 6.97. The number of likely N-dealkylation sites (tertiary alicyclic amines) is 1. The van der Waals surface area contributed by atoms with Crippen molar-refractivity contribution in [2.45, 2.75) is 37.9 Å². The lowest BCUT2D eigenvalue weighted by molar-refractivity contribution is -0.936. The van der Waals surface area contributed by atoms with E-state index in [9.17, 15) is 18.0 Å². The van der Waals surface area contributed by atoms with Gasteiger partial charge < -0.3 is 14.6 Å². The predicted octanol–water partition coefficient (Wildman–Crippen LogP) is 2.77. The van der Waals surface area contributed by atoms with E-state index in [-0.39, 0.29) is 18.4 Å². The molecule has 0 radical (unpaired) electrons. The molecule has 7 heteroatoms. The van der Waals surface area contributed by atoms with Crippen LogP contribution in [0.1, 0.15) is 42.2 Å². The van der Waals surface area contributed by atoms with Crippen LogP contribution in [0.15, 0.2) is 47.1 Å². The van der Waals surface area contributed by atoms with Crippen LogP contribution in [-0.4, -0.2) is 25.5 Å². The number of carbonyl (C=O) groups excluding carboxylic acids is 1. The molecular weight excluding hydrogens is 357 g/mol. The van der Waals surface area contributed by atoms with Crippen molar-refractivity contribution in [3.05, 3.63) is 59.5 Å². The first-order chi connectivity index (χ1) is 12.9. The van der Waals surface area contributed by atoms with Crippen LogP contribution in [-0.2, 0) is 17.4 Å². The Hall–Kier alpha value is -2.28. The number of alkyl halides is 3. The van der Waals surface area contributed by atoms with Crippen LogP contribution in [0.25, 0.3) is 0 Å². The molecule has 1 aromatic heterocycles. The second-order valence-corrected chi connectivity index (χ2v) is 6.97. The van der Waals surface area contributed by atoms with Crippen LogP contribution < -0.4 is 10.2 Å². The summed E-state index contributed by atoms with van der Waals surface area (Å²) in [5.74, 6) is 0.536. The summed E-state index contributed by atoms with van der Waals surface area (Å²) < 4.78 is 44.0. The fourth-order valence-corrected chi connectivity index (χ4v) is 3.61. The van der Waals surface area contributed by atoms with Crippen molar-refractivity contribution in [3.8, 4) is 0 Å². The summed E-state index contributed by atoms with van der Waals surface area (Å²) in [6.07, 6.45) is 0.639.